The number of halogens is 2. The van der Waals surface area contributed by atoms with E-state index in [1.807, 2.05) is 35.1 Å². The first-order valence-corrected chi connectivity index (χ1v) is 8.38. The lowest BCUT2D eigenvalue weighted by Gasteiger charge is -2.05. The number of aliphatic carboxylic acids is 1. The highest BCUT2D eigenvalue weighted by Gasteiger charge is 2.10. The fourth-order valence-corrected chi connectivity index (χ4v) is 1.87. The first-order chi connectivity index (χ1) is 8.15. The Morgan fingerprint density at radius 1 is 1.53 bits per heavy atom. The summed E-state index contributed by atoms with van der Waals surface area (Å²) in [5.74, 6) is -1.29. The van der Waals surface area contributed by atoms with Crippen molar-refractivity contribution < 1.29 is 18.5 Å². The Morgan fingerprint density at radius 2 is 2.18 bits per heavy atom. The molecular formula is C11H14FIO3S. The molecule has 0 saturated carbocycles. The SMILES string of the molecule is CC.O=C(O)CCc1cccc(OSI)c1F. The molecule has 3 nitrogen and oxygen atoms in total. The van der Waals surface area contributed by atoms with Crippen LogP contribution in [0.1, 0.15) is 25.8 Å². The van der Waals surface area contributed by atoms with Crippen LogP contribution < -0.4 is 4.18 Å². The Hall–Kier alpha value is -0.500. The minimum atomic E-state index is -0.941. The molecule has 0 aliphatic heterocycles. The van der Waals surface area contributed by atoms with Crippen molar-refractivity contribution in [2.75, 3.05) is 0 Å². The van der Waals surface area contributed by atoms with Crippen LogP contribution in [0.3, 0.4) is 0 Å². The highest BCUT2D eigenvalue weighted by atomic mass is 127. The van der Waals surface area contributed by atoms with Crippen LogP contribution in [0.15, 0.2) is 18.2 Å². The Morgan fingerprint density at radius 3 is 2.71 bits per heavy atom. The Kier molecular flexibility index (Phi) is 9.24. The van der Waals surface area contributed by atoms with Gasteiger partial charge in [0.15, 0.2) is 11.6 Å². The zero-order chi connectivity index (χ0) is 13.3. The fraction of sp³-hybridized carbons (Fsp3) is 0.364. The van der Waals surface area contributed by atoms with Crippen molar-refractivity contribution in [3.63, 3.8) is 0 Å². The van der Waals surface area contributed by atoms with Crippen LogP contribution in [0.2, 0.25) is 0 Å². The molecule has 17 heavy (non-hydrogen) atoms. The van der Waals surface area contributed by atoms with E-state index in [0.29, 0.717) is 5.56 Å². The normalized spacial score (nSPS) is 9.18. The van der Waals surface area contributed by atoms with Crippen LogP contribution in [0, 0.1) is 5.82 Å². The number of benzene rings is 1. The average molecular weight is 372 g/mol. The molecular weight excluding hydrogens is 358 g/mol. The summed E-state index contributed by atoms with van der Waals surface area (Å²) in [6, 6.07) is 4.71. The number of rotatable bonds is 5. The van der Waals surface area contributed by atoms with Gasteiger partial charge in [0.05, 0.1) is 0 Å². The summed E-state index contributed by atoms with van der Waals surface area (Å²) in [6.07, 6.45) is 0.0853. The second kappa shape index (κ2) is 9.52. The first kappa shape index (κ1) is 16.5. The summed E-state index contributed by atoms with van der Waals surface area (Å²) in [7, 11) is 1.02. The van der Waals surface area contributed by atoms with E-state index in [4.69, 9.17) is 9.29 Å². The van der Waals surface area contributed by atoms with Crippen molar-refractivity contribution in [3.05, 3.63) is 29.6 Å². The van der Waals surface area contributed by atoms with Gasteiger partial charge in [-0.25, -0.2) is 4.39 Å². The third kappa shape index (κ3) is 6.11. The van der Waals surface area contributed by atoms with Gasteiger partial charge in [-0.2, -0.15) is 0 Å². The predicted octanol–water partition coefficient (Wildman–Crippen LogP) is 4.25. The van der Waals surface area contributed by atoms with Crippen molar-refractivity contribution in [2.24, 2.45) is 0 Å². The van der Waals surface area contributed by atoms with Gasteiger partial charge in [0.25, 0.3) is 0 Å². The molecule has 0 aliphatic rings. The van der Waals surface area contributed by atoms with Crippen LogP contribution in [0.4, 0.5) is 4.39 Å². The maximum atomic E-state index is 13.6. The molecule has 1 rings (SSSR count). The van der Waals surface area contributed by atoms with E-state index in [1.54, 1.807) is 12.1 Å². The van der Waals surface area contributed by atoms with E-state index in [0.717, 1.165) is 9.21 Å². The van der Waals surface area contributed by atoms with Crippen molar-refractivity contribution in [2.45, 2.75) is 26.7 Å². The van der Waals surface area contributed by atoms with Crippen molar-refractivity contribution >= 4 is 36.4 Å². The second-order valence-electron chi connectivity index (χ2n) is 2.77. The van der Waals surface area contributed by atoms with Gasteiger partial charge in [0.2, 0.25) is 0 Å². The van der Waals surface area contributed by atoms with Crippen LogP contribution in [-0.2, 0) is 11.2 Å². The minimum absolute atomic E-state index is 0.0856. The van der Waals surface area contributed by atoms with Crippen molar-refractivity contribution in [1.29, 1.82) is 0 Å². The zero-order valence-electron chi connectivity index (χ0n) is 9.57. The standard InChI is InChI=1S/C9H8FIO3S.C2H6/c10-9-6(4-5-8(12)13)2-1-3-7(9)14-15-11;1-2/h1-3H,4-5H2,(H,12,13);1-2H3. The third-order valence-corrected chi connectivity index (χ3v) is 2.55. The monoisotopic (exact) mass is 372 g/mol. The lowest BCUT2D eigenvalue weighted by molar-refractivity contribution is -0.136. The second-order valence-corrected chi connectivity index (χ2v) is 4.14. The molecule has 6 heteroatoms. The molecule has 0 bridgehead atoms. The summed E-state index contributed by atoms with van der Waals surface area (Å²) < 4.78 is 18.5. The van der Waals surface area contributed by atoms with Gasteiger partial charge in [-0.1, -0.05) is 26.0 Å². The minimum Gasteiger partial charge on any atom is -0.481 e. The fourth-order valence-electron chi connectivity index (χ4n) is 1.09. The molecule has 0 radical (unpaired) electrons. The molecule has 1 aromatic carbocycles. The molecule has 0 spiro atoms. The topological polar surface area (TPSA) is 46.5 Å². The van der Waals surface area contributed by atoms with Gasteiger partial charge in [-0.15, -0.1) is 0 Å². The number of carboxylic acids is 1. The Labute approximate surface area is 117 Å². The molecule has 0 aliphatic carbocycles. The number of aryl methyl sites for hydroxylation is 1. The largest absolute Gasteiger partial charge is 0.481 e. The number of hydrogen-bond acceptors (Lipinski definition) is 3. The average Bonchev–Trinajstić information content (AvgIpc) is 2.33. The molecule has 0 heterocycles. The van der Waals surface area contributed by atoms with Crippen LogP contribution in [0.5, 0.6) is 5.75 Å². The number of carbonyl (C=O) groups is 1. The number of hydrogen-bond donors (Lipinski definition) is 1. The Balaban J connectivity index is 0.00000121. The van der Waals surface area contributed by atoms with E-state index < -0.39 is 11.8 Å². The molecule has 1 N–H and O–H groups in total. The molecule has 96 valence electrons. The molecule has 0 amide bonds. The molecule has 1 aromatic rings. The van der Waals surface area contributed by atoms with E-state index in [9.17, 15) is 9.18 Å². The van der Waals surface area contributed by atoms with Gasteiger partial charge < -0.3 is 9.29 Å². The third-order valence-electron chi connectivity index (χ3n) is 1.77. The highest BCUT2D eigenvalue weighted by Crippen LogP contribution is 2.26. The molecule has 0 unspecified atom stereocenters. The van der Waals surface area contributed by atoms with Crippen molar-refractivity contribution in [1.82, 2.24) is 0 Å². The lowest BCUT2D eigenvalue weighted by Crippen LogP contribution is -2.00. The van der Waals surface area contributed by atoms with Gasteiger partial charge in [0, 0.05) is 27.6 Å². The predicted molar refractivity (Wildman–Crippen MR) is 75.9 cm³/mol. The van der Waals surface area contributed by atoms with Gasteiger partial charge in [-0.05, 0) is 18.1 Å². The lowest BCUT2D eigenvalue weighted by atomic mass is 10.1. The first-order valence-electron chi connectivity index (χ1n) is 5.09. The molecule has 0 aromatic heterocycles. The van der Waals surface area contributed by atoms with E-state index in [-0.39, 0.29) is 18.6 Å². The summed E-state index contributed by atoms with van der Waals surface area (Å²) in [4.78, 5) is 10.3. The summed E-state index contributed by atoms with van der Waals surface area (Å²) >= 11 is 1.88. The summed E-state index contributed by atoms with van der Waals surface area (Å²) in [5, 5.41) is 8.48. The van der Waals surface area contributed by atoms with E-state index in [2.05, 4.69) is 0 Å². The number of carboxylic acid groups (broad SMARTS) is 1. The van der Waals surface area contributed by atoms with Gasteiger partial charge >= 0.3 is 5.97 Å². The maximum Gasteiger partial charge on any atom is 0.303 e. The van der Waals surface area contributed by atoms with Gasteiger partial charge in [-0.3, -0.25) is 4.79 Å². The van der Waals surface area contributed by atoms with Gasteiger partial charge in [0.1, 0.15) is 9.21 Å². The quantitative estimate of drug-likeness (QED) is 0.620. The molecule has 0 fully saturated rings. The molecule has 0 saturated heterocycles. The van der Waals surface area contributed by atoms with Crippen molar-refractivity contribution in [3.8, 4) is 5.75 Å². The van der Waals surface area contributed by atoms with Crippen LogP contribution in [-0.4, -0.2) is 11.1 Å². The maximum absolute atomic E-state index is 13.6. The van der Waals surface area contributed by atoms with Crippen LogP contribution in [0.25, 0.3) is 0 Å². The van der Waals surface area contributed by atoms with E-state index in [1.165, 1.54) is 6.07 Å². The highest BCUT2D eigenvalue weighted by molar-refractivity contribution is 14.2. The van der Waals surface area contributed by atoms with Crippen LogP contribution >= 0.6 is 30.4 Å². The van der Waals surface area contributed by atoms with E-state index >= 15 is 0 Å². The molecule has 0 atom stereocenters. The summed E-state index contributed by atoms with van der Waals surface area (Å²) in [5.41, 5.74) is 0.361. The zero-order valence-corrected chi connectivity index (χ0v) is 12.5. The summed E-state index contributed by atoms with van der Waals surface area (Å²) in [6.45, 7) is 4.00. The Bertz CT molecular complexity index is 361. The smallest absolute Gasteiger partial charge is 0.303 e.